The number of carbonyl (C=O) groups is 1. The van der Waals surface area contributed by atoms with Gasteiger partial charge in [0.15, 0.2) is 5.78 Å². The summed E-state index contributed by atoms with van der Waals surface area (Å²) in [6.45, 7) is 0. The fourth-order valence-corrected chi connectivity index (χ4v) is 3.46. The molecule has 0 amide bonds. The number of nitrogens with one attached hydrogen (secondary N) is 1. The molecule has 140 valence electrons. The molecule has 10 heteroatoms. The summed E-state index contributed by atoms with van der Waals surface area (Å²) in [4.78, 5) is 11.5. The van der Waals surface area contributed by atoms with E-state index in [-0.39, 0.29) is 16.4 Å². The van der Waals surface area contributed by atoms with Crippen LogP contribution in [-0.4, -0.2) is 32.6 Å². The van der Waals surface area contributed by atoms with Crippen LogP contribution in [0.3, 0.4) is 0 Å². The Labute approximate surface area is 152 Å². The molecule has 5 nitrogen and oxygen atoms in total. The van der Waals surface area contributed by atoms with Crippen molar-refractivity contribution in [3.05, 3.63) is 54.1 Å². The molecule has 2 rings (SSSR count). The summed E-state index contributed by atoms with van der Waals surface area (Å²) in [5, 5.41) is 0. The van der Waals surface area contributed by atoms with Crippen LogP contribution in [0.2, 0.25) is 0 Å². The molecule has 0 atom stereocenters. The van der Waals surface area contributed by atoms with Gasteiger partial charge in [0.2, 0.25) is 0 Å². The highest BCUT2D eigenvalue weighted by atomic mass is 32.2. The predicted molar refractivity (Wildman–Crippen MR) is 93.1 cm³/mol. The lowest BCUT2D eigenvalue weighted by molar-refractivity contribution is -0.274. The van der Waals surface area contributed by atoms with Gasteiger partial charge < -0.3 is 4.74 Å². The quantitative estimate of drug-likeness (QED) is 0.707. The Morgan fingerprint density at radius 3 is 2.15 bits per heavy atom. The lowest BCUT2D eigenvalue weighted by atomic mass is 10.1. The summed E-state index contributed by atoms with van der Waals surface area (Å²) in [6.07, 6.45) is -3.06. The Bertz CT molecular complexity index is 864. The number of halogens is 3. The molecule has 2 aromatic carbocycles. The normalized spacial score (nSPS) is 11.8. The Hall–Kier alpha value is -2.20. The first-order valence-corrected chi connectivity index (χ1v) is 9.99. The van der Waals surface area contributed by atoms with E-state index < -0.39 is 22.1 Å². The summed E-state index contributed by atoms with van der Waals surface area (Å²) in [5.74, 6) is -0.280. The maximum Gasteiger partial charge on any atom is 0.573 e. The van der Waals surface area contributed by atoms with Crippen LogP contribution in [0.5, 0.6) is 5.75 Å². The zero-order valence-electron chi connectivity index (χ0n) is 13.4. The van der Waals surface area contributed by atoms with E-state index in [0.29, 0.717) is 11.3 Å². The van der Waals surface area contributed by atoms with Crippen molar-refractivity contribution in [1.29, 1.82) is 0 Å². The maximum absolute atomic E-state index is 12.3. The highest BCUT2D eigenvalue weighted by Crippen LogP contribution is 2.25. The molecule has 26 heavy (non-hydrogen) atoms. The molecule has 0 aromatic heterocycles. The molecule has 2 aromatic rings. The van der Waals surface area contributed by atoms with Crippen molar-refractivity contribution >= 4 is 33.3 Å². The number of carbonyl (C=O) groups excluding carboxylic acids is 1. The van der Waals surface area contributed by atoms with Gasteiger partial charge in [0.05, 0.1) is 10.6 Å². The van der Waals surface area contributed by atoms with E-state index in [0.717, 1.165) is 24.3 Å². The van der Waals surface area contributed by atoms with Gasteiger partial charge in [-0.15, -0.1) is 13.2 Å². The lowest BCUT2D eigenvalue weighted by Crippen LogP contribution is -2.17. The molecule has 0 saturated heterocycles. The minimum Gasteiger partial charge on any atom is -0.406 e. The number of ketones is 1. The molecule has 0 unspecified atom stereocenters. The molecule has 0 radical (unpaired) electrons. The second kappa shape index (κ2) is 8.00. The van der Waals surface area contributed by atoms with Gasteiger partial charge in [0.1, 0.15) is 5.75 Å². The first-order valence-electron chi connectivity index (χ1n) is 7.11. The topological polar surface area (TPSA) is 72.5 Å². The van der Waals surface area contributed by atoms with Gasteiger partial charge in [-0.2, -0.15) is 11.8 Å². The van der Waals surface area contributed by atoms with Crippen LogP contribution in [0, 0.1) is 0 Å². The fourth-order valence-electron chi connectivity index (χ4n) is 1.97. The van der Waals surface area contributed by atoms with Crippen molar-refractivity contribution < 1.29 is 31.1 Å². The minimum absolute atomic E-state index is 0.0767. The van der Waals surface area contributed by atoms with Crippen LogP contribution in [0.25, 0.3) is 0 Å². The van der Waals surface area contributed by atoms with Gasteiger partial charge in [0, 0.05) is 11.3 Å². The number of alkyl halides is 3. The van der Waals surface area contributed by atoms with Crippen LogP contribution in [0.4, 0.5) is 18.9 Å². The SMILES string of the molecule is CSCC(=O)c1ccc(NS(=O)(=O)c2ccc(OC(F)(F)F)cc2)cc1. The summed E-state index contributed by atoms with van der Waals surface area (Å²) in [5.41, 5.74) is 0.678. The monoisotopic (exact) mass is 405 g/mol. The molecule has 0 bridgehead atoms. The van der Waals surface area contributed by atoms with Crippen molar-refractivity contribution in [3.63, 3.8) is 0 Å². The van der Waals surface area contributed by atoms with Crippen LogP contribution in [0.1, 0.15) is 10.4 Å². The molecule has 0 aliphatic heterocycles. The Kier molecular flexibility index (Phi) is 6.19. The third kappa shape index (κ3) is 5.67. The first-order chi connectivity index (χ1) is 12.1. The van der Waals surface area contributed by atoms with Crippen molar-refractivity contribution in [2.75, 3.05) is 16.7 Å². The van der Waals surface area contributed by atoms with Gasteiger partial charge in [-0.05, 0) is 54.8 Å². The summed E-state index contributed by atoms with van der Waals surface area (Å²) >= 11 is 1.38. The van der Waals surface area contributed by atoms with Crippen LogP contribution >= 0.6 is 11.8 Å². The van der Waals surface area contributed by atoms with Gasteiger partial charge >= 0.3 is 6.36 Å². The highest BCUT2D eigenvalue weighted by molar-refractivity contribution is 7.99. The van der Waals surface area contributed by atoms with Crippen molar-refractivity contribution in [3.8, 4) is 5.75 Å². The minimum atomic E-state index is -4.85. The number of anilines is 1. The molecule has 0 spiro atoms. The summed E-state index contributed by atoms with van der Waals surface area (Å²) in [7, 11) is -3.99. The molecule has 0 fully saturated rings. The zero-order valence-corrected chi connectivity index (χ0v) is 15.0. The van der Waals surface area contributed by atoms with E-state index in [2.05, 4.69) is 9.46 Å². The molecule has 0 aliphatic carbocycles. The van der Waals surface area contributed by atoms with E-state index in [1.54, 1.807) is 6.26 Å². The number of rotatable bonds is 7. The molecule has 1 N–H and O–H groups in total. The second-order valence-corrected chi connectivity index (χ2v) is 7.61. The number of sulfonamides is 1. The van der Waals surface area contributed by atoms with E-state index >= 15 is 0 Å². The summed E-state index contributed by atoms with van der Waals surface area (Å²) in [6, 6.07) is 9.68. The van der Waals surface area contributed by atoms with Crippen LogP contribution < -0.4 is 9.46 Å². The number of thioether (sulfide) groups is 1. The maximum atomic E-state index is 12.3. The number of hydrogen-bond donors (Lipinski definition) is 1. The largest absolute Gasteiger partial charge is 0.573 e. The first kappa shape index (κ1) is 20.1. The molecular weight excluding hydrogens is 391 g/mol. The van der Waals surface area contributed by atoms with Crippen LogP contribution in [-0.2, 0) is 10.0 Å². The smallest absolute Gasteiger partial charge is 0.406 e. The van der Waals surface area contributed by atoms with Crippen LogP contribution in [0.15, 0.2) is 53.4 Å². The molecular formula is C16H14F3NO4S2. The Morgan fingerprint density at radius 1 is 1.08 bits per heavy atom. The van der Waals surface area contributed by atoms with Gasteiger partial charge in [0.25, 0.3) is 10.0 Å². The summed E-state index contributed by atoms with van der Waals surface area (Å²) < 4.78 is 66.9. The molecule has 0 heterocycles. The van der Waals surface area contributed by atoms with E-state index in [1.165, 1.54) is 36.0 Å². The Morgan fingerprint density at radius 2 is 1.65 bits per heavy atom. The molecule has 0 saturated carbocycles. The van der Waals surface area contributed by atoms with E-state index in [1.807, 2.05) is 0 Å². The molecule has 0 aliphatic rings. The lowest BCUT2D eigenvalue weighted by Gasteiger charge is -2.11. The zero-order chi connectivity index (χ0) is 19.4. The third-order valence-electron chi connectivity index (χ3n) is 3.10. The average molecular weight is 405 g/mol. The fraction of sp³-hybridized carbons (Fsp3) is 0.188. The van der Waals surface area contributed by atoms with Crippen molar-refractivity contribution in [2.45, 2.75) is 11.3 Å². The Balaban J connectivity index is 2.12. The van der Waals surface area contributed by atoms with E-state index in [9.17, 15) is 26.4 Å². The van der Waals surface area contributed by atoms with Gasteiger partial charge in [-0.1, -0.05) is 0 Å². The number of benzene rings is 2. The van der Waals surface area contributed by atoms with Crippen molar-refractivity contribution in [2.24, 2.45) is 0 Å². The third-order valence-corrected chi connectivity index (χ3v) is 5.05. The average Bonchev–Trinajstić information content (AvgIpc) is 2.54. The standard InChI is InChI=1S/C16H14F3NO4S2/c1-25-10-15(21)11-2-4-12(5-3-11)20-26(22,23)14-8-6-13(7-9-14)24-16(17,18)19/h2-9,20H,10H2,1H3. The number of Topliss-reactive ketones (excluding diaryl/α,β-unsaturated/α-hetero) is 1. The predicted octanol–water partition coefficient (Wildman–Crippen LogP) is 3.93. The van der Waals surface area contributed by atoms with Gasteiger partial charge in [-0.3, -0.25) is 9.52 Å². The number of hydrogen-bond acceptors (Lipinski definition) is 5. The highest BCUT2D eigenvalue weighted by Gasteiger charge is 2.31. The van der Waals surface area contributed by atoms with Gasteiger partial charge in [-0.25, -0.2) is 8.42 Å². The number of ether oxygens (including phenoxy) is 1. The van der Waals surface area contributed by atoms with E-state index in [4.69, 9.17) is 0 Å². The second-order valence-electron chi connectivity index (χ2n) is 5.06. The van der Waals surface area contributed by atoms with Crippen molar-refractivity contribution in [1.82, 2.24) is 0 Å².